The van der Waals surface area contributed by atoms with Gasteiger partial charge in [0.05, 0.1) is 5.69 Å². The molecule has 2 aromatic rings. The molecular weight excluding hydrogens is 332 g/mol. The Morgan fingerprint density at radius 2 is 1.77 bits per heavy atom. The number of hydrogen-bond donors (Lipinski definition) is 1. The van der Waals surface area contributed by atoms with Crippen LogP contribution in [-0.4, -0.2) is 53.0 Å². The Hall–Kier alpha value is -2.83. The number of nitrogens with one attached hydrogen (secondary N) is 1. The molecule has 0 radical (unpaired) electrons. The Morgan fingerprint density at radius 1 is 1.12 bits per heavy atom. The van der Waals surface area contributed by atoms with Crippen LogP contribution in [0.15, 0.2) is 41.2 Å². The molecule has 1 fully saturated rings. The van der Waals surface area contributed by atoms with E-state index >= 15 is 0 Å². The van der Waals surface area contributed by atoms with Crippen LogP contribution in [0.4, 0.5) is 10.5 Å². The fraction of sp³-hybridized carbons (Fsp3) is 0.421. The average molecular weight is 356 g/mol. The van der Waals surface area contributed by atoms with Gasteiger partial charge in [0.25, 0.3) is 5.56 Å². The van der Waals surface area contributed by atoms with E-state index in [4.69, 9.17) is 4.74 Å². The minimum atomic E-state index is -0.509. The second kappa shape index (κ2) is 7.19. The Balaban J connectivity index is 1.77. The summed E-state index contributed by atoms with van der Waals surface area (Å²) in [6.07, 6.45) is -0.301. The molecule has 1 N–H and O–H groups in total. The molecule has 7 heteroatoms. The van der Waals surface area contributed by atoms with Gasteiger partial charge >= 0.3 is 6.09 Å². The molecule has 138 valence electrons. The lowest BCUT2D eigenvalue weighted by molar-refractivity contribution is 0.0240. The zero-order valence-electron chi connectivity index (χ0n) is 15.4. The lowest BCUT2D eigenvalue weighted by Crippen LogP contribution is -2.50. The van der Waals surface area contributed by atoms with Gasteiger partial charge in [-0.15, -0.1) is 0 Å². The van der Waals surface area contributed by atoms with Crippen LogP contribution in [0.5, 0.6) is 0 Å². The van der Waals surface area contributed by atoms with E-state index in [0.29, 0.717) is 26.2 Å². The summed E-state index contributed by atoms with van der Waals surface area (Å²) in [5.41, 5.74) is 1.70. The fourth-order valence-corrected chi connectivity index (χ4v) is 2.90. The number of aromatic amines is 1. The first-order chi connectivity index (χ1) is 12.3. The minimum absolute atomic E-state index is 0.241. The van der Waals surface area contributed by atoms with Crippen molar-refractivity contribution in [3.63, 3.8) is 0 Å². The van der Waals surface area contributed by atoms with Gasteiger partial charge in [-0.3, -0.25) is 4.79 Å². The highest BCUT2D eigenvalue weighted by molar-refractivity contribution is 5.75. The molecule has 0 saturated carbocycles. The highest BCUT2D eigenvalue weighted by Gasteiger charge is 2.27. The van der Waals surface area contributed by atoms with Crippen molar-refractivity contribution in [3.05, 3.63) is 46.8 Å². The standard InChI is InChI=1S/C19H24N4O3/c1-19(2,3)26-18(25)23-11-9-22(10-12-23)15-13-16(24)20-21-17(15)14-7-5-4-6-8-14/h4-8,13H,9-12H2,1-3H3,(H,20,24). The molecule has 0 spiro atoms. The number of anilines is 1. The first-order valence-electron chi connectivity index (χ1n) is 8.71. The van der Waals surface area contributed by atoms with E-state index in [0.717, 1.165) is 16.9 Å². The molecule has 0 atom stereocenters. The molecule has 1 saturated heterocycles. The van der Waals surface area contributed by atoms with Crippen LogP contribution < -0.4 is 10.5 Å². The third-order valence-electron chi connectivity index (χ3n) is 4.11. The van der Waals surface area contributed by atoms with E-state index in [2.05, 4.69) is 15.1 Å². The van der Waals surface area contributed by atoms with Crippen LogP contribution in [0.1, 0.15) is 20.8 Å². The third kappa shape index (κ3) is 4.22. The van der Waals surface area contributed by atoms with Crippen molar-refractivity contribution in [2.24, 2.45) is 0 Å². The molecule has 1 aromatic carbocycles. The number of nitrogens with zero attached hydrogens (tertiary/aromatic N) is 3. The van der Waals surface area contributed by atoms with Crippen molar-refractivity contribution in [2.45, 2.75) is 26.4 Å². The average Bonchev–Trinajstić information content (AvgIpc) is 2.61. The Kier molecular flexibility index (Phi) is 4.97. The van der Waals surface area contributed by atoms with E-state index in [1.807, 2.05) is 51.1 Å². The maximum absolute atomic E-state index is 12.2. The summed E-state index contributed by atoms with van der Waals surface area (Å²) < 4.78 is 5.43. The lowest BCUT2D eigenvalue weighted by atomic mass is 10.1. The molecular formula is C19H24N4O3. The van der Waals surface area contributed by atoms with Gasteiger partial charge in [-0.05, 0) is 20.8 Å². The largest absolute Gasteiger partial charge is 0.444 e. The Bertz CT molecular complexity index is 819. The van der Waals surface area contributed by atoms with Crippen LogP contribution in [-0.2, 0) is 4.74 Å². The number of carbonyl (C=O) groups is 1. The second-order valence-corrected chi connectivity index (χ2v) is 7.29. The molecule has 7 nitrogen and oxygen atoms in total. The van der Waals surface area contributed by atoms with Gasteiger partial charge in [-0.25, -0.2) is 9.89 Å². The summed E-state index contributed by atoms with van der Waals surface area (Å²) >= 11 is 0. The second-order valence-electron chi connectivity index (χ2n) is 7.29. The monoisotopic (exact) mass is 356 g/mol. The Morgan fingerprint density at radius 3 is 2.38 bits per heavy atom. The quantitative estimate of drug-likeness (QED) is 0.894. The summed E-state index contributed by atoms with van der Waals surface area (Å²) in [6, 6.07) is 11.3. The van der Waals surface area contributed by atoms with Gasteiger partial charge in [-0.2, -0.15) is 5.10 Å². The van der Waals surface area contributed by atoms with Crippen molar-refractivity contribution in [2.75, 3.05) is 31.1 Å². The summed E-state index contributed by atoms with van der Waals surface area (Å²) in [5.74, 6) is 0. The Labute approximate surface area is 152 Å². The third-order valence-corrected chi connectivity index (χ3v) is 4.11. The van der Waals surface area contributed by atoms with E-state index in [-0.39, 0.29) is 11.7 Å². The minimum Gasteiger partial charge on any atom is -0.444 e. The fourth-order valence-electron chi connectivity index (χ4n) is 2.90. The summed E-state index contributed by atoms with van der Waals surface area (Å²) in [5, 5.41) is 6.76. The lowest BCUT2D eigenvalue weighted by Gasteiger charge is -2.37. The summed E-state index contributed by atoms with van der Waals surface area (Å²) in [7, 11) is 0. The molecule has 26 heavy (non-hydrogen) atoms. The van der Waals surface area contributed by atoms with E-state index < -0.39 is 5.60 Å². The molecule has 0 aliphatic carbocycles. The van der Waals surface area contributed by atoms with Gasteiger partial charge < -0.3 is 14.5 Å². The molecule has 0 unspecified atom stereocenters. The zero-order chi connectivity index (χ0) is 18.7. The van der Waals surface area contributed by atoms with Crippen LogP contribution in [0.3, 0.4) is 0 Å². The maximum Gasteiger partial charge on any atom is 0.410 e. The number of H-pyrrole nitrogens is 1. The maximum atomic E-state index is 12.2. The number of carbonyl (C=O) groups excluding carboxylic acids is 1. The first-order valence-corrected chi connectivity index (χ1v) is 8.71. The van der Waals surface area contributed by atoms with E-state index in [1.54, 1.807) is 11.0 Å². The van der Waals surface area contributed by atoms with Crippen molar-refractivity contribution in [3.8, 4) is 11.3 Å². The molecule has 3 rings (SSSR count). The van der Waals surface area contributed by atoms with Crippen molar-refractivity contribution < 1.29 is 9.53 Å². The van der Waals surface area contributed by atoms with Crippen molar-refractivity contribution in [1.82, 2.24) is 15.1 Å². The molecule has 2 heterocycles. The molecule has 1 amide bonds. The first kappa shape index (κ1) is 18.0. The number of amides is 1. The van der Waals surface area contributed by atoms with Crippen LogP contribution in [0.25, 0.3) is 11.3 Å². The summed E-state index contributed by atoms with van der Waals surface area (Å²) in [6.45, 7) is 7.87. The van der Waals surface area contributed by atoms with Gasteiger partial charge in [0.1, 0.15) is 11.3 Å². The molecule has 0 bridgehead atoms. The topological polar surface area (TPSA) is 78.5 Å². The van der Waals surface area contributed by atoms with Crippen LogP contribution in [0.2, 0.25) is 0 Å². The molecule has 1 aromatic heterocycles. The predicted molar refractivity (Wildman–Crippen MR) is 100 cm³/mol. The van der Waals surface area contributed by atoms with Gasteiger partial charge in [-0.1, -0.05) is 30.3 Å². The van der Waals surface area contributed by atoms with Crippen molar-refractivity contribution in [1.29, 1.82) is 0 Å². The van der Waals surface area contributed by atoms with E-state index in [1.165, 1.54) is 0 Å². The number of rotatable bonds is 2. The SMILES string of the molecule is CC(C)(C)OC(=O)N1CCN(c2cc(=O)[nH]nc2-c2ccccc2)CC1. The van der Waals surface area contributed by atoms with Gasteiger partial charge in [0, 0.05) is 37.8 Å². The number of ether oxygens (including phenoxy) is 1. The smallest absolute Gasteiger partial charge is 0.410 e. The van der Waals surface area contributed by atoms with Crippen molar-refractivity contribution >= 4 is 11.8 Å². The molecule has 1 aliphatic heterocycles. The van der Waals surface area contributed by atoms with Crippen LogP contribution >= 0.6 is 0 Å². The number of aromatic nitrogens is 2. The number of benzene rings is 1. The zero-order valence-corrected chi connectivity index (χ0v) is 15.4. The van der Waals surface area contributed by atoms with Gasteiger partial charge in [0.15, 0.2) is 0 Å². The van der Waals surface area contributed by atoms with Gasteiger partial charge in [0.2, 0.25) is 0 Å². The van der Waals surface area contributed by atoms with Crippen LogP contribution in [0, 0.1) is 0 Å². The number of hydrogen-bond acceptors (Lipinski definition) is 5. The molecule has 1 aliphatic rings. The highest BCUT2D eigenvalue weighted by Crippen LogP contribution is 2.27. The predicted octanol–water partition coefficient (Wildman–Crippen LogP) is 2.49. The van der Waals surface area contributed by atoms with E-state index in [9.17, 15) is 9.59 Å². The number of piperazine rings is 1. The summed E-state index contributed by atoms with van der Waals surface area (Å²) in [4.78, 5) is 27.8. The highest BCUT2D eigenvalue weighted by atomic mass is 16.6. The normalized spacial score (nSPS) is 15.0.